The van der Waals surface area contributed by atoms with Crippen LogP contribution in [0.5, 0.6) is 11.5 Å². The molecule has 0 saturated carbocycles. The van der Waals surface area contributed by atoms with Gasteiger partial charge in [-0.2, -0.15) is 0 Å². The van der Waals surface area contributed by atoms with E-state index >= 15 is 0 Å². The third kappa shape index (κ3) is 2.64. The Kier molecular flexibility index (Phi) is 4.20. The lowest BCUT2D eigenvalue weighted by Crippen LogP contribution is -2.31. The number of rotatable bonds is 5. The Bertz CT molecular complexity index is 425. The van der Waals surface area contributed by atoms with Gasteiger partial charge in [0.1, 0.15) is 11.5 Å². The van der Waals surface area contributed by atoms with Gasteiger partial charge in [0, 0.05) is 0 Å². The second-order valence-corrected chi connectivity index (χ2v) is 4.31. The Balaban J connectivity index is 2.27. The minimum absolute atomic E-state index is 0.0872. The van der Waals surface area contributed by atoms with E-state index in [-0.39, 0.29) is 11.8 Å². The maximum absolute atomic E-state index is 12.4. The van der Waals surface area contributed by atoms with Gasteiger partial charge in [0.25, 0.3) is 0 Å². The highest BCUT2D eigenvalue weighted by atomic mass is 16.5. The zero-order chi connectivity index (χ0) is 13.0. The van der Waals surface area contributed by atoms with Crippen LogP contribution >= 0.6 is 0 Å². The maximum atomic E-state index is 12.4. The predicted octanol–water partition coefficient (Wildman–Crippen LogP) is 2.03. The first kappa shape index (κ1) is 12.9. The van der Waals surface area contributed by atoms with Gasteiger partial charge < -0.3 is 14.8 Å². The molecule has 0 bridgehead atoms. The third-order valence-electron chi connectivity index (χ3n) is 3.12. The zero-order valence-corrected chi connectivity index (χ0v) is 10.9. The summed E-state index contributed by atoms with van der Waals surface area (Å²) in [6.07, 6.45) is 1.94. The normalized spacial score (nSPS) is 18.7. The number of hydrogen-bond donors (Lipinski definition) is 1. The van der Waals surface area contributed by atoms with Gasteiger partial charge in [-0.3, -0.25) is 4.79 Å². The fraction of sp³-hybridized carbons (Fsp3) is 0.500. The van der Waals surface area contributed by atoms with Crippen molar-refractivity contribution in [3.8, 4) is 11.5 Å². The number of benzene rings is 1. The first-order valence-corrected chi connectivity index (χ1v) is 6.34. The van der Waals surface area contributed by atoms with Crippen molar-refractivity contribution >= 4 is 5.78 Å². The molecule has 0 radical (unpaired) electrons. The molecule has 98 valence electrons. The molecule has 4 nitrogen and oxygen atoms in total. The number of methoxy groups -OCH3 is 1. The summed E-state index contributed by atoms with van der Waals surface area (Å²) in [7, 11) is 1.58. The molecule has 4 heteroatoms. The molecule has 0 spiro atoms. The molecule has 1 heterocycles. The third-order valence-corrected chi connectivity index (χ3v) is 3.12. The molecule has 1 unspecified atom stereocenters. The standard InChI is InChI=1S/C14H19NO3/c1-3-18-10-6-7-13(17-2)11(9-10)14(16)12-5-4-8-15-12/h6-7,9,12,15H,3-5,8H2,1-2H3. The van der Waals surface area contributed by atoms with Gasteiger partial charge in [0.05, 0.1) is 25.3 Å². The van der Waals surface area contributed by atoms with E-state index in [4.69, 9.17) is 9.47 Å². The van der Waals surface area contributed by atoms with Crippen LogP contribution in [0.4, 0.5) is 0 Å². The van der Waals surface area contributed by atoms with Gasteiger partial charge in [-0.15, -0.1) is 0 Å². The van der Waals surface area contributed by atoms with Crippen LogP contribution in [-0.4, -0.2) is 32.1 Å². The molecule has 0 aliphatic carbocycles. The summed E-state index contributed by atoms with van der Waals surface area (Å²) in [5.41, 5.74) is 0.600. The first-order valence-electron chi connectivity index (χ1n) is 6.34. The lowest BCUT2D eigenvalue weighted by Gasteiger charge is -2.14. The zero-order valence-electron chi connectivity index (χ0n) is 10.9. The minimum atomic E-state index is -0.0872. The van der Waals surface area contributed by atoms with E-state index in [1.54, 1.807) is 19.2 Å². The summed E-state index contributed by atoms with van der Waals surface area (Å²) in [5, 5.41) is 3.21. The Morgan fingerprint density at radius 3 is 2.94 bits per heavy atom. The average Bonchev–Trinajstić information content (AvgIpc) is 2.92. The molecule has 1 fully saturated rings. The topological polar surface area (TPSA) is 47.6 Å². The lowest BCUT2D eigenvalue weighted by atomic mass is 10.0. The van der Waals surface area contributed by atoms with Crippen molar-refractivity contribution in [3.05, 3.63) is 23.8 Å². The van der Waals surface area contributed by atoms with Crippen LogP contribution in [0.2, 0.25) is 0 Å². The number of carbonyl (C=O) groups is 1. The Morgan fingerprint density at radius 1 is 1.50 bits per heavy atom. The molecule has 2 rings (SSSR count). The van der Waals surface area contributed by atoms with Crippen LogP contribution in [-0.2, 0) is 0 Å². The van der Waals surface area contributed by atoms with E-state index in [9.17, 15) is 4.79 Å². The quantitative estimate of drug-likeness (QED) is 0.811. The molecule has 1 aromatic rings. The number of ketones is 1. The second-order valence-electron chi connectivity index (χ2n) is 4.31. The van der Waals surface area contributed by atoms with E-state index in [1.807, 2.05) is 13.0 Å². The Morgan fingerprint density at radius 2 is 2.33 bits per heavy atom. The molecule has 0 aromatic heterocycles. The maximum Gasteiger partial charge on any atom is 0.183 e. The van der Waals surface area contributed by atoms with E-state index in [0.717, 1.165) is 19.4 Å². The van der Waals surface area contributed by atoms with Crippen LogP contribution in [0, 0.1) is 0 Å². The van der Waals surface area contributed by atoms with Crippen molar-refractivity contribution in [2.75, 3.05) is 20.3 Å². The van der Waals surface area contributed by atoms with Crippen molar-refractivity contribution in [1.82, 2.24) is 5.32 Å². The number of Topliss-reactive ketones (excluding diaryl/α,β-unsaturated/α-hetero) is 1. The van der Waals surface area contributed by atoms with Crippen LogP contribution in [0.1, 0.15) is 30.1 Å². The molecule has 0 amide bonds. The Hall–Kier alpha value is -1.55. The predicted molar refractivity (Wildman–Crippen MR) is 69.5 cm³/mol. The molecule has 1 atom stereocenters. The summed E-state index contributed by atoms with van der Waals surface area (Å²) >= 11 is 0. The summed E-state index contributed by atoms with van der Waals surface area (Å²) in [4.78, 5) is 12.4. The molecule has 1 aliphatic rings. The van der Waals surface area contributed by atoms with Gasteiger partial charge in [-0.05, 0) is 44.5 Å². The van der Waals surface area contributed by atoms with Crippen molar-refractivity contribution in [1.29, 1.82) is 0 Å². The van der Waals surface area contributed by atoms with Gasteiger partial charge in [-0.25, -0.2) is 0 Å². The van der Waals surface area contributed by atoms with Gasteiger partial charge in [0.2, 0.25) is 0 Å². The smallest absolute Gasteiger partial charge is 0.183 e. The fourth-order valence-electron chi connectivity index (χ4n) is 2.23. The van der Waals surface area contributed by atoms with E-state index in [0.29, 0.717) is 23.7 Å². The highest BCUT2D eigenvalue weighted by molar-refractivity contribution is 6.02. The van der Waals surface area contributed by atoms with E-state index in [1.165, 1.54) is 0 Å². The van der Waals surface area contributed by atoms with Crippen LogP contribution in [0.15, 0.2) is 18.2 Å². The number of nitrogens with one attached hydrogen (secondary N) is 1. The van der Waals surface area contributed by atoms with Crippen LogP contribution in [0.3, 0.4) is 0 Å². The van der Waals surface area contributed by atoms with Gasteiger partial charge in [-0.1, -0.05) is 0 Å². The lowest BCUT2D eigenvalue weighted by molar-refractivity contribution is 0.0949. The summed E-state index contributed by atoms with van der Waals surface area (Å²) in [6, 6.07) is 5.29. The summed E-state index contributed by atoms with van der Waals surface area (Å²) in [5.74, 6) is 1.41. The van der Waals surface area contributed by atoms with Gasteiger partial charge >= 0.3 is 0 Å². The fourth-order valence-corrected chi connectivity index (χ4v) is 2.23. The Labute approximate surface area is 107 Å². The van der Waals surface area contributed by atoms with Crippen molar-refractivity contribution in [2.24, 2.45) is 0 Å². The first-order chi connectivity index (χ1) is 8.76. The van der Waals surface area contributed by atoms with Crippen molar-refractivity contribution < 1.29 is 14.3 Å². The molecule has 1 aliphatic heterocycles. The van der Waals surface area contributed by atoms with Crippen molar-refractivity contribution in [3.63, 3.8) is 0 Å². The van der Waals surface area contributed by atoms with E-state index < -0.39 is 0 Å². The number of hydrogen-bond acceptors (Lipinski definition) is 4. The monoisotopic (exact) mass is 249 g/mol. The van der Waals surface area contributed by atoms with Crippen LogP contribution in [0.25, 0.3) is 0 Å². The molecule has 1 saturated heterocycles. The molecule has 1 N–H and O–H groups in total. The van der Waals surface area contributed by atoms with E-state index in [2.05, 4.69) is 5.32 Å². The van der Waals surface area contributed by atoms with Crippen molar-refractivity contribution in [2.45, 2.75) is 25.8 Å². The number of ether oxygens (including phenoxy) is 2. The highest BCUT2D eigenvalue weighted by Crippen LogP contribution is 2.26. The summed E-state index contributed by atoms with van der Waals surface area (Å²) < 4.78 is 10.7. The average molecular weight is 249 g/mol. The largest absolute Gasteiger partial charge is 0.496 e. The summed E-state index contributed by atoms with van der Waals surface area (Å²) in [6.45, 7) is 3.41. The molecule has 1 aromatic carbocycles. The SMILES string of the molecule is CCOc1ccc(OC)c(C(=O)C2CCCN2)c1. The second kappa shape index (κ2) is 5.87. The minimum Gasteiger partial charge on any atom is -0.496 e. The van der Waals surface area contributed by atoms with Gasteiger partial charge in [0.15, 0.2) is 5.78 Å². The highest BCUT2D eigenvalue weighted by Gasteiger charge is 2.25. The molecular formula is C14H19NO3. The molecular weight excluding hydrogens is 230 g/mol. The number of carbonyl (C=O) groups excluding carboxylic acids is 1. The molecule has 18 heavy (non-hydrogen) atoms. The van der Waals surface area contributed by atoms with Crippen LogP contribution < -0.4 is 14.8 Å².